The molecule has 0 bridgehead atoms. The van der Waals surface area contributed by atoms with Gasteiger partial charge in [0.05, 0.1) is 6.04 Å². The number of terminal acetylenes is 1. The van der Waals surface area contributed by atoms with E-state index >= 15 is 0 Å². The largest absolute Gasteiger partial charge is 0.436 e. The van der Waals surface area contributed by atoms with Crippen LogP contribution in [0.2, 0.25) is 0 Å². The van der Waals surface area contributed by atoms with Gasteiger partial charge in [0.2, 0.25) is 5.91 Å². The Labute approximate surface area is 185 Å². The number of likely N-dealkylation sites (tertiary alicyclic amines) is 2. The van der Waals surface area contributed by atoms with E-state index in [1.807, 2.05) is 0 Å². The molecule has 2 heterocycles. The van der Waals surface area contributed by atoms with E-state index in [2.05, 4.69) is 40.4 Å². The highest BCUT2D eigenvalue weighted by Crippen LogP contribution is 2.50. The summed E-state index contributed by atoms with van der Waals surface area (Å²) in [4.78, 5) is 28.0. The number of nitrogens with zero attached hydrogens (tertiary/aromatic N) is 2. The van der Waals surface area contributed by atoms with Crippen molar-refractivity contribution in [1.82, 2.24) is 15.1 Å². The molecule has 0 saturated carbocycles. The summed E-state index contributed by atoms with van der Waals surface area (Å²) < 4.78 is 5.04. The average molecular weight is 424 g/mol. The van der Waals surface area contributed by atoms with E-state index in [1.165, 1.54) is 11.1 Å². The molecule has 1 spiro atoms. The normalized spacial score (nSPS) is 23.2. The lowest BCUT2D eigenvalue weighted by atomic mass is 9.73. The van der Waals surface area contributed by atoms with Crippen LogP contribution in [0.4, 0.5) is 4.79 Å². The van der Waals surface area contributed by atoms with Gasteiger partial charge in [-0.05, 0) is 62.2 Å². The first kappa shape index (κ1) is 21.7. The summed E-state index contributed by atoms with van der Waals surface area (Å²) in [6, 6.07) is 8.79. The first-order valence-corrected chi connectivity index (χ1v) is 11.4. The maximum atomic E-state index is 12.0. The number of hydrogen-bond acceptors (Lipinski definition) is 4. The van der Waals surface area contributed by atoms with Crippen LogP contribution < -0.4 is 5.32 Å². The minimum atomic E-state index is -0.287. The van der Waals surface area contributed by atoms with Gasteiger partial charge in [-0.25, -0.2) is 4.79 Å². The van der Waals surface area contributed by atoms with Crippen molar-refractivity contribution in [2.75, 3.05) is 39.3 Å². The molecule has 1 aromatic carbocycles. The Bertz CT molecular complexity index is 846. The van der Waals surface area contributed by atoms with Crippen molar-refractivity contribution < 1.29 is 14.3 Å². The minimum absolute atomic E-state index is 0.0419. The molecule has 1 atom stereocenters. The number of piperidine rings is 2. The molecule has 6 nitrogen and oxygen atoms in total. The van der Waals surface area contributed by atoms with Crippen molar-refractivity contribution in [3.63, 3.8) is 0 Å². The summed E-state index contributed by atoms with van der Waals surface area (Å²) in [6.07, 6.45) is 10.2. The van der Waals surface area contributed by atoms with Crippen molar-refractivity contribution in [2.24, 2.45) is 5.92 Å². The van der Waals surface area contributed by atoms with Crippen molar-refractivity contribution in [3.8, 4) is 12.3 Å². The Hall–Kier alpha value is -2.52. The smallest absolute Gasteiger partial charge is 0.410 e. The van der Waals surface area contributed by atoms with Crippen molar-refractivity contribution in [1.29, 1.82) is 0 Å². The highest BCUT2D eigenvalue weighted by Gasteiger charge is 2.45. The molecule has 1 aromatic rings. The Balaban J connectivity index is 1.29. The Morgan fingerprint density at radius 1 is 1.19 bits per heavy atom. The molecule has 2 saturated heterocycles. The van der Waals surface area contributed by atoms with Crippen LogP contribution in [0.25, 0.3) is 0 Å². The van der Waals surface area contributed by atoms with Crippen LogP contribution in [-0.2, 0) is 14.9 Å². The standard InChI is InChI=1S/C25H33N3O3/c1-3-16-31-24(30)28-12-8-20(9-13-28)18-27-14-10-25(11-15-27)17-23(26-19(2)29)21-6-4-5-7-22(21)25/h1,4-7,20,23H,8-18H2,2H3,(H,26,29)/t23-/m0/s1. The second-order valence-electron chi connectivity index (χ2n) is 9.31. The lowest BCUT2D eigenvalue weighted by Crippen LogP contribution is -2.46. The van der Waals surface area contributed by atoms with E-state index in [-0.39, 0.29) is 30.1 Å². The number of nitrogens with one attached hydrogen (secondary N) is 1. The van der Waals surface area contributed by atoms with Crippen LogP contribution in [0.15, 0.2) is 24.3 Å². The Kier molecular flexibility index (Phi) is 6.52. The molecular formula is C25H33N3O3. The molecule has 3 aliphatic rings. The third-order valence-electron chi connectivity index (χ3n) is 7.36. The number of carbonyl (C=O) groups is 2. The zero-order valence-corrected chi connectivity index (χ0v) is 18.4. The molecular weight excluding hydrogens is 390 g/mol. The average Bonchev–Trinajstić information content (AvgIpc) is 3.07. The third kappa shape index (κ3) is 4.72. The second-order valence-corrected chi connectivity index (χ2v) is 9.31. The molecule has 1 N–H and O–H groups in total. The van der Waals surface area contributed by atoms with Crippen LogP contribution >= 0.6 is 0 Å². The van der Waals surface area contributed by atoms with Crippen LogP contribution in [0.1, 0.15) is 56.2 Å². The molecule has 2 fully saturated rings. The first-order valence-electron chi connectivity index (χ1n) is 11.4. The van der Waals surface area contributed by atoms with Gasteiger partial charge in [-0.1, -0.05) is 30.2 Å². The summed E-state index contributed by atoms with van der Waals surface area (Å²) in [5.74, 6) is 3.01. The number of amides is 2. The highest BCUT2D eigenvalue weighted by atomic mass is 16.6. The topological polar surface area (TPSA) is 61.9 Å². The van der Waals surface area contributed by atoms with Crippen molar-refractivity contribution >= 4 is 12.0 Å². The van der Waals surface area contributed by atoms with Crippen LogP contribution in [0.5, 0.6) is 0 Å². The molecule has 4 rings (SSSR count). The molecule has 2 aliphatic heterocycles. The summed E-state index contributed by atoms with van der Waals surface area (Å²) in [5, 5.41) is 3.17. The van der Waals surface area contributed by atoms with Crippen LogP contribution in [-0.4, -0.2) is 61.1 Å². The van der Waals surface area contributed by atoms with E-state index in [1.54, 1.807) is 11.8 Å². The second kappa shape index (κ2) is 9.32. The molecule has 0 unspecified atom stereocenters. The van der Waals surface area contributed by atoms with E-state index in [9.17, 15) is 9.59 Å². The van der Waals surface area contributed by atoms with Gasteiger partial charge < -0.3 is 19.9 Å². The SMILES string of the molecule is C#CCOC(=O)N1CCC(CN2CCC3(CC2)C[C@H](NC(C)=O)c2ccccc23)CC1. The van der Waals surface area contributed by atoms with Gasteiger partial charge in [-0.15, -0.1) is 6.42 Å². The van der Waals surface area contributed by atoms with Gasteiger partial charge in [0.15, 0.2) is 6.61 Å². The number of rotatable bonds is 4. The van der Waals surface area contributed by atoms with E-state index in [0.717, 1.165) is 64.8 Å². The summed E-state index contributed by atoms with van der Waals surface area (Å²) in [6.45, 7) is 6.42. The predicted molar refractivity (Wildman–Crippen MR) is 119 cm³/mol. The van der Waals surface area contributed by atoms with Crippen LogP contribution in [0.3, 0.4) is 0 Å². The highest BCUT2D eigenvalue weighted by molar-refractivity contribution is 5.74. The molecule has 0 aromatic heterocycles. The number of ether oxygens (including phenoxy) is 1. The van der Waals surface area contributed by atoms with Gasteiger partial charge >= 0.3 is 6.09 Å². The lowest BCUT2D eigenvalue weighted by Gasteiger charge is -2.42. The summed E-state index contributed by atoms with van der Waals surface area (Å²) in [5.41, 5.74) is 2.92. The summed E-state index contributed by atoms with van der Waals surface area (Å²) in [7, 11) is 0. The van der Waals surface area contributed by atoms with Gasteiger partial charge in [0.25, 0.3) is 0 Å². The van der Waals surface area contributed by atoms with E-state index in [4.69, 9.17) is 11.2 Å². The Morgan fingerprint density at radius 2 is 1.90 bits per heavy atom. The molecule has 2 amide bonds. The van der Waals surface area contributed by atoms with Crippen LogP contribution in [0, 0.1) is 18.3 Å². The quantitative estimate of drug-likeness (QED) is 0.756. The third-order valence-corrected chi connectivity index (χ3v) is 7.36. The zero-order valence-electron chi connectivity index (χ0n) is 18.4. The predicted octanol–water partition coefficient (Wildman–Crippen LogP) is 3.08. The lowest BCUT2D eigenvalue weighted by molar-refractivity contribution is -0.119. The fraction of sp³-hybridized carbons (Fsp3) is 0.600. The number of benzene rings is 1. The zero-order chi connectivity index (χ0) is 21.8. The van der Waals surface area contributed by atoms with Crippen molar-refractivity contribution in [2.45, 2.75) is 50.5 Å². The minimum Gasteiger partial charge on any atom is -0.436 e. The Morgan fingerprint density at radius 3 is 2.58 bits per heavy atom. The monoisotopic (exact) mass is 423 g/mol. The molecule has 31 heavy (non-hydrogen) atoms. The number of carbonyl (C=O) groups excluding carboxylic acids is 2. The fourth-order valence-electron chi connectivity index (χ4n) is 5.76. The van der Waals surface area contributed by atoms with Crippen molar-refractivity contribution in [3.05, 3.63) is 35.4 Å². The maximum Gasteiger partial charge on any atom is 0.410 e. The van der Waals surface area contributed by atoms with Gasteiger partial charge in [0, 0.05) is 32.0 Å². The van der Waals surface area contributed by atoms with Gasteiger partial charge in [-0.3, -0.25) is 4.79 Å². The van der Waals surface area contributed by atoms with Gasteiger partial charge in [0.1, 0.15) is 0 Å². The fourth-order valence-corrected chi connectivity index (χ4v) is 5.76. The number of hydrogen-bond donors (Lipinski definition) is 1. The molecule has 166 valence electrons. The maximum absolute atomic E-state index is 12.0. The molecule has 6 heteroatoms. The molecule has 0 radical (unpaired) electrons. The van der Waals surface area contributed by atoms with E-state index in [0.29, 0.717) is 5.92 Å². The van der Waals surface area contributed by atoms with E-state index < -0.39 is 0 Å². The first-order chi connectivity index (χ1) is 15.0. The summed E-state index contributed by atoms with van der Waals surface area (Å²) >= 11 is 0. The molecule has 1 aliphatic carbocycles. The van der Waals surface area contributed by atoms with Gasteiger partial charge in [-0.2, -0.15) is 0 Å². The number of fused-ring (bicyclic) bond motifs is 2.